The smallest absolute Gasteiger partial charge is 0.339 e. The number of fused-ring (bicyclic) bond motifs is 1. The predicted octanol–water partition coefficient (Wildman–Crippen LogP) is 2.86. The number of nitrogens with one attached hydrogen (secondary N) is 2. The van der Waals surface area contributed by atoms with E-state index >= 15 is 0 Å². The number of hydrogen-bond donors (Lipinski definition) is 2. The first kappa shape index (κ1) is 9.72. The molecule has 1 heterocycles. The van der Waals surface area contributed by atoms with E-state index in [1.165, 1.54) is 6.07 Å². The van der Waals surface area contributed by atoms with Crippen LogP contribution >= 0.6 is 0 Å². The molecule has 1 aromatic heterocycles. The van der Waals surface area contributed by atoms with Crippen LogP contribution in [0.5, 0.6) is 0 Å². The van der Waals surface area contributed by atoms with Crippen LogP contribution in [0.1, 0.15) is 0 Å². The maximum Gasteiger partial charge on any atom is 0.359 e. The molecule has 2 aromatic carbocycles. The molecule has 0 aliphatic carbocycles. The van der Waals surface area contributed by atoms with Gasteiger partial charge in [0.1, 0.15) is 5.82 Å². The molecule has 0 saturated carbocycles. The van der Waals surface area contributed by atoms with E-state index in [0.29, 0.717) is 5.82 Å². The molecule has 0 bridgehead atoms. The van der Waals surface area contributed by atoms with E-state index < -0.39 is 5.63 Å². The fourth-order valence-electron chi connectivity index (χ4n) is 1.82. The van der Waals surface area contributed by atoms with E-state index in [0.717, 1.165) is 16.5 Å². The highest BCUT2D eigenvalue weighted by Crippen LogP contribution is 2.24. The molecule has 17 heavy (non-hydrogen) atoms. The van der Waals surface area contributed by atoms with Crippen molar-refractivity contribution in [2.75, 3.05) is 5.32 Å². The van der Waals surface area contributed by atoms with E-state index in [1.807, 2.05) is 42.5 Å². The number of aromatic amines is 1. The van der Waals surface area contributed by atoms with Gasteiger partial charge in [0.15, 0.2) is 0 Å². The third-order valence-corrected chi connectivity index (χ3v) is 2.58. The lowest BCUT2D eigenvalue weighted by Gasteiger charge is -2.06. The Labute approximate surface area is 96.8 Å². The number of anilines is 2. The minimum atomic E-state index is -0.396. The van der Waals surface area contributed by atoms with Gasteiger partial charge in [-0.2, -0.15) is 0 Å². The van der Waals surface area contributed by atoms with Gasteiger partial charge in [-0.25, -0.2) is 9.95 Å². The third kappa shape index (κ3) is 1.80. The van der Waals surface area contributed by atoms with Crippen molar-refractivity contribution in [2.24, 2.45) is 0 Å². The summed E-state index contributed by atoms with van der Waals surface area (Å²) in [4.78, 5) is 10.9. The lowest BCUT2D eigenvalue weighted by atomic mass is 10.1. The Morgan fingerprint density at radius 1 is 1.06 bits per heavy atom. The summed E-state index contributed by atoms with van der Waals surface area (Å²) in [6.07, 6.45) is 0. The summed E-state index contributed by atoms with van der Waals surface area (Å²) < 4.78 is 4.61. The summed E-state index contributed by atoms with van der Waals surface area (Å²) in [6, 6.07) is 15.4. The predicted molar refractivity (Wildman–Crippen MR) is 66.6 cm³/mol. The highest BCUT2D eigenvalue weighted by atomic mass is 16.5. The zero-order valence-electron chi connectivity index (χ0n) is 8.94. The lowest BCUT2D eigenvalue weighted by Crippen LogP contribution is -1.92. The van der Waals surface area contributed by atoms with E-state index in [2.05, 4.69) is 15.0 Å². The molecule has 3 rings (SSSR count). The molecule has 4 nitrogen and oxygen atoms in total. The third-order valence-electron chi connectivity index (χ3n) is 2.58. The van der Waals surface area contributed by atoms with Crippen LogP contribution in [0, 0.1) is 0 Å². The van der Waals surface area contributed by atoms with Gasteiger partial charge in [0.05, 0.1) is 6.07 Å². The Balaban J connectivity index is 2.08. The molecule has 0 saturated heterocycles. The van der Waals surface area contributed by atoms with E-state index in [-0.39, 0.29) is 0 Å². The molecule has 2 N–H and O–H groups in total. The Morgan fingerprint density at radius 3 is 2.71 bits per heavy atom. The second-order valence-electron chi connectivity index (χ2n) is 3.73. The molecule has 0 radical (unpaired) electrons. The first-order valence-corrected chi connectivity index (χ1v) is 5.26. The van der Waals surface area contributed by atoms with Gasteiger partial charge >= 0.3 is 5.63 Å². The minimum Gasteiger partial charge on any atom is -0.339 e. The van der Waals surface area contributed by atoms with Crippen LogP contribution in [0.25, 0.3) is 10.8 Å². The maximum absolute atomic E-state index is 10.9. The molecule has 0 spiro atoms. The van der Waals surface area contributed by atoms with Crippen LogP contribution in [0.15, 0.2) is 57.8 Å². The number of aromatic nitrogens is 1. The van der Waals surface area contributed by atoms with Crippen molar-refractivity contribution in [3.05, 3.63) is 59.0 Å². The van der Waals surface area contributed by atoms with Crippen molar-refractivity contribution in [1.29, 1.82) is 0 Å². The van der Waals surface area contributed by atoms with Gasteiger partial charge in [-0.3, -0.25) is 0 Å². The van der Waals surface area contributed by atoms with Crippen molar-refractivity contribution < 1.29 is 4.52 Å². The molecule has 84 valence electrons. The molecule has 0 aliphatic rings. The van der Waals surface area contributed by atoms with Crippen LogP contribution in [0.4, 0.5) is 11.5 Å². The summed E-state index contributed by atoms with van der Waals surface area (Å²) in [5, 5.41) is 7.87. The zero-order chi connectivity index (χ0) is 11.7. The molecule has 0 unspecified atom stereocenters. The van der Waals surface area contributed by atoms with Crippen LogP contribution in [-0.2, 0) is 0 Å². The topological polar surface area (TPSA) is 58.0 Å². The van der Waals surface area contributed by atoms with Gasteiger partial charge in [-0.05, 0) is 11.5 Å². The lowest BCUT2D eigenvalue weighted by molar-refractivity contribution is 0.394. The van der Waals surface area contributed by atoms with Crippen LogP contribution in [0.3, 0.4) is 0 Å². The second kappa shape index (κ2) is 3.83. The SMILES string of the molecule is O=c1cc(Nc2cccc3ccccc23)[nH]o1. The van der Waals surface area contributed by atoms with Crippen molar-refractivity contribution in [1.82, 2.24) is 5.16 Å². The van der Waals surface area contributed by atoms with Gasteiger partial charge in [0.2, 0.25) is 0 Å². The number of rotatable bonds is 2. The Kier molecular flexibility index (Phi) is 2.19. The summed E-state index contributed by atoms with van der Waals surface area (Å²) in [7, 11) is 0. The Bertz CT molecular complexity index is 707. The highest BCUT2D eigenvalue weighted by molar-refractivity contribution is 5.95. The fraction of sp³-hybridized carbons (Fsp3) is 0. The van der Waals surface area contributed by atoms with Gasteiger partial charge in [-0.1, -0.05) is 36.4 Å². The summed E-state index contributed by atoms with van der Waals surface area (Å²) in [5.74, 6) is 0.548. The second-order valence-corrected chi connectivity index (χ2v) is 3.73. The maximum atomic E-state index is 10.9. The van der Waals surface area contributed by atoms with E-state index in [1.54, 1.807) is 0 Å². The summed E-state index contributed by atoms with van der Waals surface area (Å²) >= 11 is 0. The molecular weight excluding hydrogens is 216 g/mol. The van der Waals surface area contributed by atoms with Gasteiger partial charge < -0.3 is 9.84 Å². The summed E-state index contributed by atoms with van der Waals surface area (Å²) in [5.41, 5.74) is 0.535. The largest absolute Gasteiger partial charge is 0.359 e. The molecule has 4 heteroatoms. The monoisotopic (exact) mass is 226 g/mol. The van der Waals surface area contributed by atoms with E-state index in [9.17, 15) is 4.79 Å². The van der Waals surface area contributed by atoms with Crippen LogP contribution in [0.2, 0.25) is 0 Å². The summed E-state index contributed by atoms with van der Waals surface area (Å²) in [6.45, 7) is 0. The van der Waals surface area contributed by atoms with Crippen molar-refractivity contribution in [3.63, 3.8) is 0 Å². The normalized spacial score (nSPS) is 10.6. The highest BCUT2D eigenvalue weighted by Gasteiger charge is 2.02. The number of H-pyrrole nitrogens is 1. The Hall–Kier alpha value is -2.49. The standard InChI is InChI=1S/C13H10N2O2/c16-13-8-12(15-17-13)14-11-7-3-5-9-4-1-2-6-10(9)11/h1-8,14-15H. The van der Waals surface area contributed by atoms with Gasteiger partial charge in [-0.15, -0.1) is 0 Å². The van der Waals surface area contributed by atoms with Crippen molar-refractivity contribution in [2.45, 2.75) is 0 Å². The number of hydrogen-bond acceptors (Lipinski definition) is 3. The van der Waals surface area contributed by atoms with Crippen molar-refractivity contribution >= 4 is 22.3 Å². The molecule has 0 amide bonds. The van der Waals surface area contributed by atoms with Crippen LogP contribution in [-0.4, -0.2) is 5.16 Å². The fourth-order valence-corrected chi connectivity index (χ4v) is 1.82. The van der Waals surface area contributed by atoms with Gasteiger partial charge in [0, 0.05) is 11.1 Å². The average Bonchev–Trinajstić information content (AvgIpc) is 2.75. The van der Waals surface area contributed by atoms with Crippen LogP contribution < -0.4 is 10.9 Å². The van der Waals surface area contributed by atoms with Gasteiger partial charge in [0.25, 0.3) is 0 Å². The first-order valence-electron chi connectivity index (χ1n) is 5.26. The minimum absolute atomic E-state index is 0.396. The Morgan fingerprint density at radius 2 is 1.88 bits per heavy atom. The molecular formula is C13H10N2O2. The first-order chi connectivity index (χ1) is 8.33. The average molecular weight is 226 g/mol. The molecule has 0 atom stereocenters. The zero-order valence-corrected chi connectivity index (χ0v) is 8.94. The van der Waals surface area contributed by atoms with E-state index in [4.69, 9.17) is 0 Å². The molecule has 3 aromatic rings. The quantitative estimate of drug-likeness (QED) is 0.706. The molecule has 0 aliphatic heterocycles. The van der Waals surface area contributed by atoms with Crippen molar-refractivity contribution in [3.8, 4) is 0 Å². The molecule has 0 fully saturated rings. The number of benzene rings is 2.